The average Bonchev–Trinajstić information content (AvgIpc) is 3.29. The molecule has 5 rings (SSSR count). The van der Waals surface area contributed by atoms with Gasteiger partial charge in [0.2, 0.25) is 5.91 Å². The number of piperidine rings is 1. The van der Waals surface area contributed by atoms with Crippen molar-refractivity contribution in [2.45, 2.75) is 39.6 Å². The molecule has 6 heteroatoms. The van der Waals surface area contributed by atoms with E-state index in [0.29, 0.717) is 12.5 Å². The first-order chi connectivity index (χ1) is 10.5. The lowest BCUT2D eigenvalue weighted by atomic mass is 10.1. The number of likely N-dealkylation sites (tertiary alicyclic amines) is 1. The Morgan fingerprint density at radius 3 is 3.00 bits per heavy atom. The van der Waals surface area contributed by atoms with Crippen molar-refractivity contribution in [3.63, 3.8) is 0 Å². The molecule has 2 aromatic rings. The van der Waals surface area contributed by atoms with Crippen LogP contribution in [0.25, 0.3) is 5.52 Å². The second kappa shape index (κ2) is 3.68. The molecule has 4 atom stereocenters. The van der Waals surface area contributed by atoms with Crippen LogP contribution in [0.5, 0.6) is 0 Å². The first-order valence-corrected chi connectivity index (χ1v) is 7.73. The molecule has 2 aromatic heterocycles. The van der Waals surface area contributed by atoms with Gasteiger partial charge in [0, 0.05) is 24.6 Å². The topological polar surface area (TPSA) is 63.0 Å². The van der Waals surface area contributed by atoms with Crippen LogP contribution in [0.15, 0.2) is 18.6 Å². The van der Waals surface area contributed by atoms with Gasteiger partial charge in [-0.05, 0) is 24.0 Å². The zero-order chi connectivity index (χ0) is 15.2. The standard InChI is InChI=1S/C16H18N4O2/c1-8-10-4-9(6-20(10)18-7-17-8)5-19-14(21)12-11(16(12,2)3)13-15(19)22-13/h4,6-7,11-13,15H,5H2,1-3H3. The van der Waals surface area contributed by atoms with Crippen LogP contribution >= 0.6 is 0 Å². The molecule has 3 aliphatic rings. The Morgan fingerprint density at radius 2 is 2.23 bits per heavy atom. The molecule has 4 heterocycles. The summed E-state index contributed by atoms with van der Waals surface area (Å²) in [5, 5.41) is 4.22. The Balaban J connectivity index is 1.46. The maximum absolute atomic E-state index is 12.7. The number of hydrogen-bond donors (Lipinski definition) is 0. The third-order valence-electron chi connectivity index (χ3n) is 5.63. The normalized spacial score (nSPS) is 34.5. The van der Waals surface area contributed by atoms with Gasteiger partial charge >= 0.3 is 0 Å². The van der Waals surface area contributed by atoms with Crippen molar-refractivity contribution < 1.29 is 9.53 Å². The highest BCUT2D eigenvalue weighted by Gasteiger charge is 2.76. The van der Waals surface area contributed by atoms with Crippen molar-refractivity contribution in [1.29, 1.82) is 0 Å². The number of fused-ring (bicyclic) bond motifs is 4. The lowest BCUT2D eigenvalue weighted by molar-refractivity contribution is -0.137. The van der Waals surface area contributed by atoms with E-state index in [1.807, 2.05) is 22.5 Å². The first-order valence-electron chi connectivity index (χ1n) is 7.73. The van der Waals surface area contributed by atoms with Crippen molar-refractivity contribution in [3.05, 3.63) is 29.8 Å². The molecule has 1 saturated carbocycles. The summed E-state index contributed by atoms with van der Waals surface area (Å²) >= 11 is 0. The molecule has 2 aliphatic heterocycles. The van der Waals surface area contributed by atoms with Crippen molar-refractivity contribution in [2.24, 2.45) is 17.3 Å². The third-order valence-corrected chi connectivity index (χ3v) is 5.63. The summed E-state index contributed by atoms with van der Waals surface area (Å²) in [5.41, 5.74) is 3.09. The van der Waals surface area contributed by atoms with Crippen molar-refractivity contribution in [1.82, 2.24) is 19.5 Å². The minimum atomic E-state index is -0.0225. The Kier molecular flexibility index (Phi) is 2.11. The maximum Gasteiger partial charge on any atom is 0.229 e. The predicted molar refractivity (Wildman–Crippen MR) is 77.7 cm³/mol. The number of hydrogen-bond acceptors (Lipinski definition) is 4. The van der Waals surface area contributed by atoms with Gasteiger partial charge in [-0.2, -0.15) is 5.10 Å². The zero-order valence-electron chi connectivity index (χ0n) is 12.9. The van der Waals surface area contributed by atoms with E-state index in [0.717, 1.165) is 16.8 Å². The van der Waals surface area contributed by atoms with Gasteiger partial charge in [-0.15, -0.1) is 0 Å². The molecular weight excluding hydrogens is 280 g/mol. The van der Waals surface area contributed by atoms with Gasteiger partial charge < -0.3 is 9.64 Å². The smallest absolute Gasteiger partial charge is 0.229 e. The van der Waals surface area contributed by atoms with Crippen LogP contribution in [0.2, 0.25) is 0 Å². The highest BCUT2D eigenvalue weighted by molar-refractivity contribution is 5.85. The summed E-state index contributed by atoms with van der Waals surface area (Å²) in [5.74, 6) is 0.795. The van der Waals surface area contributed by atoms with Gasteiger partial charge in [0.1, 0.15) is 12.4 Å². The summed E-state index contributed by atoms with van der Waals surface area (Å²) in [6.07, 6.45) is 3.75. The lowest BCUT2D eigenvalue weighted by Gasteiger charge is -2.23. The maximum atomic E-state index is 12.7. The molecule has 6 nitrogen and oxygen atoms in total. The second-order valence-electron chi connectivity index (χ2n) is 7.31. The number of epoxide rings is 1. The van der Waals surface area contributed by atoms with Gasteiger partial charge in [0.25, 0.3) is 0 Å². The minimum absolute atomic E-state index is 0.0225. The number of carbonyl (C=O) groups excluding carboxylic acids is 1. The molecule has 1 aliphatic carbocycles. The molecule has 0 radical (unpaired) electrons. The van der Waals surface area contributed by atoms with Gasteiger partial charge in [0.15, 0.2) is 6.23 Å². The van der Waals surface area contributed by atoms with Crippen LogP contribution in [-0.2, 0) is 16.1 Å². The van der Waals surface area contributed by atoms with Crippen molar-refractivity contribution in [2.75, 3.05) is 0 Å². The SMILES string of the molecule is Cc1ncnn2cc(CN3C(=O)C4C(C5OC53)C4(C)C)cc12. The monoisotopic (exact) mass is 298 g/mol. The van der Waals surface area contributed by atoms with E-state index in [1.165, 1.54) is 0 Å². The molecule has 2 saturated heterocycles. The van der Waals surface area contributed by atoms with E-state index in [2.05, 4.69) is 30.0 Å². The van der Waals surface area contributed by atoms with Crippen LogP contribution in [0, 0.1) is 24.2 Å². The van der Waals surface area contributed by atoms with Crippen molar-refractivity contribution >= 4 is 11.4 Å². The lowest BCUT2D eigenvalue weighted by Crippen LogP contribution is -2.39. The molecule has 3 fully saturated rings. The summed E-state index contributed by atoms with van der Waals surface area (Å²) in [6, 6.07) is 2.06. The largest absolute Gasteiger partial charge is 0.347 e. The van der Waals surface area contributed by atoms with Gasteiger partial charge in [-0.1, -0.05) is 13.8 Å². The van der Waals surface area contributed by atoms with E-state index in [1.54, 1.807) is 6.33 Å². The summed E-state index contributed by atoms with van der Waals surface area (Å²) in [4.78, 5) is 18.8. The number of ether oxygens (including phenoxy) is 1. The van der Waals surface area contributed by atoms with Crippen LogP contribution < -0.4 is 0 Å². The Morgan fingerprint density at radius 1 is 1.41 bits per heavy atom. The Labute approximate surface area is 128 Å². The fourth-order valence-electron chi connectivity index (χ4n) is 4.25. The van der Waals surface area contributed by atoms with E-state index >= 15 is 0 Å². The van der Waals surface area contributed by atoms with Crippen LogP contribution in [0.1, 0.15) is 25.1 Å². The summed E-state index contributed by atoms with van der Waals surface area (Å²) in [7, 11) is 0. The molecule has 1 amide bonds. The van der Waals surface area contributed by atoms with Gasteiger partial charge in [-0.25, -0.2) is 9.50 Å². The molecule has 0 aromatic carbocycles. The Hall–Kier alpha value is -1.95. The molecule has 114 valence electrons. The van der Waals surface area contributed by atoms with E-state index in [9.17, 15) is 4.79 Å². The zero-order valence-corrected chi connectivity index (χ0v) is 12.9. The fourth-order valence-corrected chi connectivity index (χ4v) is 4.25. The quantitative estimate of drug-likeness (QED) is 0.786. The first kappa shape index (κ1) is 12.6. The summed E-state index contributed by atoms with van der Waals surface area (Å²) < 4.78 is 7.61. The molecule has 0 N–H and O–H groups in total. The van der Waals surface area contributed by atoms with E-state index < -0.39 is 0 Å². The van der Waals surface area contributed by atoms with Gasteiger partial charge in [0.05, 0.1) is 11.2 Å². The molecule has 0 spiro atoms. The van der Waals surface area contributed by atoms with Crippen LogP contribution in [-0.4, -0.2) is 37.7 Å². The number of nitrogens with zero attached hydrogens (tertiary/aromatic N) is 4. The van der Waals surface area contributed by atoms with Crippen molar-refractivity contribution in [3.8, 4) is 0 Å². The number of aromatic nitrogens is 3. The fraction of sp³-hybridized carbons (Fsp3) is 0.562. The predicted octanol–water partition coefficient (Wildman–Crippen LogP) is 1.38. The Bertz CT molecular complexity index is 812. The van der Waals surface area contributed by atoms with Crippen LogP contribution in [0.4, 0.5) is 0 Å². The van der Waals surface area contributed by atoms with E-state index in [4.69, 9.17) is 4.74 Å². The third kappa shape index (κ3) is 1.46. The number of carbonyl (C=O) groups is 1. The summed E-state index contributed by atoms with van der Waals surface area (Å²) in [6.45, 7) is 6.90. The van der Waals surface area contributed by atoms with Gasteiger partial charge in [-0.3, -0.25) is 4.79 Å². The minimum Gasteiger partial charge on any atom is -0.347 e. The molecular formula is C16H18N4O2. The highest BCUT2D eigenvalue weighted by atomic mass is 16.6. The number of rotatable bonds is 2. The molecule has 4 unspecified atom stereocenters. The molecule has 22 heavy (non-hydrogen) atoms. The van der Waals surface area contributed by atoms with E-state index in [-0.39, 0.29) is 29.6 Å². The average molecular weight is 298 g/mol. The molecule has 0 bridgehead atoms. The van der Waals surface area contributed by atoms with Crippen LogP contribution in [0.3, 0.4) is 0 Å². The number of aryl methyl sites for hydroxylation is 1. The number of amides is 1. The second-order valence-corrected chi connectivity index (χ2v) is 7.31. The highest BCUT2D eigenvalue weighted by Crippen LogP contribution is 2.68.